The summed E-state index contributed by atoms with van der Waals surface area (Å²) in [5.74, 6) is 0. The number of aryl methyl sites for hydroxylation is 1. The first-order valence-electron chi connectivity index (χ1n) is 6.53. The molecule has 0 aliphatic rings. The van der Waals surface area contributed by atoms with E-state index in [0.29, 0.717) is 0 Å². The molecule has 0 saturated carbocycles. The van der Waals surface area contributed by atoms with Crippen molar-refractivity contribution in [1.29, 1.82) is 0 Å². The summed E-state index contributed by atoms with van der Waals surface area (Å²) in [6, 6.07) is 8.39. The van der Waals surface area contributed by atoms with Crippen molar-refractivity contribution in [3.05, 3.63) is 59.7 Å². The third-order valence-corrected chi connectivity index (χ3v) is 2.73. The maximum absolute atomic E-state index is 3.30. The molecule has 0 aliphatic heterocycles. The fraction of sp³-hybridized carbons (Fsp3) is 0.353. The topological polar surface area (TPSA) is 12.0 Å². The second-order valence-electron chi connectivity index (χ2n) is 5.01. The van der Waals surface area contributed by atoms with Crippen LogP contribution in [0, 0.1) is 13.5 Å². The summed E-state index contributed by atoms with van der Waals surface area (Å²) < 4.78 is 0. The van der Waals surface area contributed by atoms with Gasteiger partial charge in [0.1, 0.15) is 0 Å². The molecule has 0 amide bonds. The molecule has 18 heavy (non-hydrogen) atoms. The maximum atomic E-state index is 3.30. The summed E-state index contributed by atoms with van der Waals surface area (Å²) in [6.45, 7) is 10.6. The first-order chi connectivity index (χ1) is 8.58. The van der Waals surface area contributed by atoms with Crippen LogP contribution in [0.2, 0.25) is 0 Å². The zero-order valence-corrected chi connectivity index (χ0v) is 12.0. The summed E-state index contributed by atoms with van der Waals surface area (Å²) in [4.78, 5) is 0. The fourth-order valence-corrected chi connectivity index (χ4v) is 1.69. The van der Waals surface area contributed by atoms with Gasteiger partial charge in [-0.2, -0.15) is 0 Å². The second kappa shape index (κ2) is 7.75. The Bertz CT molecular complexity index is 423. The first-order valence-corrected chi connectivity index (χ1v) is 6.53. The van der Waals surface area contributed by atoms with Gasteiger partial charge in [0, 0.05) is 5.69 Å². The molecular weight excluding hydrogens is 218 g/mol. The molecule has 97 valence electrons. The van der Waals surface area contributed by atoms with E-state index in [0.717, 1.165) is 18.5 Å². The number of nitrogens with one attached hydrogen (secondary N) is 1. The van der Waals surface area contributed by atoms with Gasteiger partial charge in [-0.1, -0.05) is 35.4 Å². The van der Waals surface area contributed by atoms with E-state index in [1.54, 1.807) is 0 Å². The lowest BCUT2D eigenvalue weighted by Gasteiger charge is -2.04. The Labute approximate surface area is 112 Å². The van der Waals surface area contributed by atoms with Crippen molar-refractivity contribution < 1.29 is 0 Å². The van der Waals surface area contributed by atoms with Crippen molar-refractivity contribution in [2.24, 2.45) is 0 Å². The molecule has 1 aromatic carbocycles. The standard InChI is InChI=1S/C17H24N/c1-14(2)7-5-8-15(3)11-12-18-17-10-6-9-16(4)13-17/h6-7,9-13,18H,5,8H2,1-4H3/b15-11+. The zero-order chi connectivity index (χ0) is 13.4. The van der Waals surface area contributed by atoms with E-state index < -0.39 is 0 Å². The van der Waals surface area contributed by atoms with Gasteiger partial charge in [-0.3, -0.25) is 0 Å². The predicted molar refractivity (Wildman–Crippen MR) is 81.5 cm³/mol. The van der Waals surface area contributed by atoms with Crippen LogP contribution in [0.4, 0.5) is 5.69 Å². The van der Waals surface area contributed by atoms with Gasteiger partial charge in [0.25, 0.3) is 0 Å². The normalized spacial score (nSPS) is 11.2. The van der Waals surface area contributed by atoms with Crippen LogP contribution in [0.3, 0.4) is 0 Å². The first kappa shape index (κ1) is 14.6. The monoisotopic (exact) mass is 242 g/mol. The van der Waals surface area contributed by atoms with Crippen LogP contribution in [0.15, 0.2) is 47.6 Å². The lowest BCUT2D eigenvalue weighted by molar-refractivity contribution is 0.964. The number of allylic oxidation sites excluding steroid dienone is 3. The fourth-order valence-electron chi connectivity index (χ4n) is 1.69. The molecule has 0 fully saturated rings. The highest BCUT2D eigenvalue weighted by atomic mass is 14.8. The van der Waals surface area contributed by atoms with Gasteiger partial charge in [-0.05, 0) is 58.2 Å². The highest BCUT2D eigenvalue weighted by molar-refractivity contribution is 5.47. The van der Waals surface area contributed by atoms with Crippen LogP contribution >= 0.6 is 0 Å². The maximum Gasteiger partial charge on any atom is 0.0684 e. The molecule has 0 bridgehead atoms. The van der Waals surface area contributed by atoms with E-state index >= 15 is 0 Å². The van der Waals surface area contributed by atoms with Crippen molar-refractivity contribution in [1.82, 2.24) is 0 Å². The van der Waals surface area contributed by atoms with Crippen molar-refractivity contribution in [3.8, 4) is 0 Å². The van der Waals surface area contributed by atoms with Crippen molar-refractivity contribution >= 4 is 5.69 Å². The van der Waals surface area contributed by atoms with Gasteiger partial charge in [-0.25, -0.2) is 0 Å². The number of benzene rings is 1. The molecule has 1 aromatic rings. The Morgan fingerprint density at radius 3 is 2.67 bits per heavy atom. The van der Waals surface area contributed by atoms with Crippen LogP contribution in [0.1, 0.15) is 39.2 Å². The van der Waals surface area contributed by atoms with Crippen LogP contribution in [-0.2, 0) is 0 Å². The molecule has 0 heterocycles. The predicted octanol–water partition coefficient (Wildman–Crippen LogP) is 5.26. The summed E-state index contributed by atoms with van der Waals surface area (Å²) in [5.41, 5.74) is 5.21. The van der Waals surface area contributed by atoms with Gasteiger partial charge in [0.15, 0.2) is 0 Å². The minimum absolute atomic E-state index is 1.12. The summed E-state index contributed by atoms with van der Waals surface area (Å²) in [7, 11) is 0. The summed E-state index contributed by atoms with van der Waals surface area (Å²) >= 11 is 0. The molecule has 0 unspecified atom stereocenters. The Morgan fingerprint density at radius 1 is 1.22 bits per heavy atom. The van der Waals surface area contributed by atoms with Gasteiger partial charge in [-0.15, -0.1) is 0 Å². The molecule has 0 aliphatic carbocycles. The van der Waals surface area contributed by atoms with E-state index in [4.69, 9.17) is 0 Å². The van der Waals surface area contributed by atoms with E-state index in [2.05, 4.69) is 69.4 Å². The molecule has 1 radical (unpaired) electrons. The quantitative estimate of drug-likeness (QED) is 0.671. The number of anilines is 1. The third-order valence-electron chi connectivity index (χ3n) is 2.73. The third kappa shape index (κ3) is 6.29. The average Bonchev–Trinajstić information content (AvgIpc) is 2.28. The van der Waals surface area contributed by atoms with Crippen LogP contribution in [0.25, 0.3) is 0 Å². The van der Waals surface area contributed by atoms with E-state index in [-0.39, 0.29) is 0 Å². The molecule has 1 rings (SSSR count). The highest BCUT2D eigenvalue weighted by Crippen LogP contribution is 2.11. The molecule has 0 aromatic heterocycles. The largest absolute Gasteiger partial charge is 0.376 e. The zero-order valence-electron chi connectivity index (χ0n) is 12.0. The van der Waals surface area contributed by atoms with Crippen LogP contribution < -0.4 is 5.32 Å². The summed E-state index contributed by atoms with van der Waals surface area (Å²) in [6.07, 6.45) is 6.69. The Balaban J connectivity index is 2.33. The van der Waals surface area contributed by atoms with E-state index in [1.165, 1.54) is 16.7 Å². The minimum atomic E-state index is 1.12. The molecule has 0 atom stereocenters. The van der Waals surface area contributed by atoms with Gasteiger partial charge < -0.3 is 5.32 Å². The molecule has 0 saturated heterocycles. The Kier molecular flexibility index (Phi) is 6.27. The second-order valence-corrected chi connectivity index (χ2v) is 5.01. The highest BCUT2D eigenvalue weighted by Gasteiger charge is 1.92. The Morgan fingerprint density at radius 2 is 2.00 bits per heavy atom. The van der Waals surface area contributed by atoms with Crippen molar-refractivity contribution in [3.63, 3.8) is 0 Å². The van der Waals surface area contributed by atoms with Gasteiger partial charge in [0.2, 0.25) is 0 Å². The average molecular weight is 242 g/mol. The SMILES string of the molecule is CC(C)=CCC/C(C)=C/[CH]Nc1cccc(C)c1. The number of hydrogen-bond donors (Lipinski definition) is 1. The molecule has 0 spiro atoms. The van der Waals surface area contributed by atoms with Crippen molar-refractivity contribution in [2.75, 3.05) is 5.32 Å². The molecule has 1 nitrogen and oxygen atoms in total. The minimum Gasteiger partial charge on any atom is -0.376 e. The molecule has 1 N–H and O–H groups in total. The van der Waals surface area contributed by atoms with Gasteiger partial charge >= 0.3 is 0 Å². The van der Waals surface area contributed by atoms with Gasteiger partial charge in [0.05, 0.1) is 6.54 Å². The van der Waals surface area contributed by atoms with Crippen LogP contribution in [0.5, 0.6) is 0 Å². The smallest absolute Gasteiger partial charge is 0.0684 e. The Hall–Kier alpha value is -1.50. The lowest BCUT2D eigenvalue weighted by Crippen LogP contribution is -1.93. The van der Waals surface area contributed by atoms with Crippen molar-refractivity contribution in [2.45, 2.75) is 40.5 Å². The molecular formula is C17H24N. The van der Waals surface area contributed by atoms with E-state index in [9.17, 15) is 0 Å². The summed E-state index contributed by atoms with van der Waals surface area (Å²) in [5, 5.41) is 3.30. The number of hydrogen-bond acceptors (Lipinski definition) is 1. The van der Waals surface area contributed by atoms with E-state index in [1.807, 2.05) is 6.54 Å². The molecule has 1 heteroatoms. The lowest BCUT2D eigenvalue weighted by atomic mass is 10.1. The van der Waals surface area contributed by atoms with Crippen LogP contribution in [-0.4, -0.2) is 0 Å². The number of rotatable bonds is 6.